The molecule has 1 aliphatic heterocycles. The fraction of sp³-hybridized carbons (Fsp3) is 0.444. The normalized spacial score (nSPS) is 17.2. The lowest BCUT2D eigenvalue weighted by Gasteiger charge is -2.34. The van der Waals surface area contributed by atoms with Crippen LogP contribution >= 0.6 is 22.9 Å². The average Bonchev–Trinajstić information content (AvgIpc) is 3.16. The lowest BCUT2D eigenvalue weighted by molar-refractivity contribution is 0.186. The van der Waals surface area contributed by atoms with E-state index in [0.29, 0.717) is 5.02 Å². The molecule has 1 N–H and O–H groups in total. The number of nitrogens with zero attached hydrogens (tertiary/aromatic N) is 4. The molecule has 1 fully saturated rings. The zero-order chi connectivity index (χ0) is 17.4. The second-order valence-corrected chi connectivity index (χ2v) is 7.87. The predicted octanol–water partition coefficient (Wildman–Crippen LogP) is 4.29. The van der Waals surface area contributed by atoms with E-state index in [1.54, 1.807) is 4.52 Å². The van der Waals surface area contributed by atoms with Crippen molar-refractivity contribution >= 4 is 27.9 Å². The van der Waals surface area contributed by atoms with Crippen LogP contribution in [-0.4, -0.2) is 37.7 Å². The number of hydrogen-bond donors (Lipinski definition) is 1. The number of likely N-dealkylation sites (tertiary alicyclic amines) is 1. The molecule has 5 nitrogen and oxygen atoms in total. The van der Waals surface area contributed by atoms with Crippen molar-refractivity contribution < 1.29 is 5.11 Å². The van der Waals surface area contributed by atoms with Gasteiger partial charge in [-0.05, 0) is 43.6 Å². The largest absolute Gasteiger partial charge is 0.492 e. The lowest BCUT2D eigenvalue weighted by atomic mass is 10.0. The Balaban J connectivity index is 1.82. The van der Waals surface area contributed by atoms with Crippen molar-refractivity contribution in [3.63, 3.8) is 0 Å². The molecule has 0 amide bonds. The van der Waals surface area contributed by atoms with Crippen LogP contribution in [-0.2, 0) is 6.42 Å². The van der Waals surface area contributed by atoms with E-state index in [0.717, 1.165) is 40.7 Å². The highest BCUT2D eigenvalue weighted by molar-refractivity contribution is 7.17. The molecule has 1 aliphatic rings. The van der Waals surface area contributed by atoms with E-state index in [1.807, 2.05) is 25.1 Å². The number of aromatic nitrogens is 3. The summed E-state index contributed by atoms with van der Waals surface area (Å²) >= 11 is 7.76. The van der Waals surface area contributed by atoms with E-state index in [9.17, 15) is 5.11 Å². The number of aromatic hydroxyl groups is 1. The van der Waals surface area contributed by atoms with E-state index in [1.165, 1.54) is 30.6 Å². The van der Waals surface area contributed by atoms with Crippen molar-refractivity contribution in [2.75, 3.05) is 13.1 Å². The van der Waals surface area contributed by atoms with Gasteiger partial charge in [0.1, 0.15) is 0 Å². The average molecular weight is 377 g/mol. The maximum absolute atomic E-state index is 10.8. The summed E-state index contributed by atoms with van der Waals surface area (Å²) in [6, 6.07) is 7.91. The molecule has 132 valence electrons. The highest BCUT2D eigenvalue weighted by Crippen LogP contribution is 2.41. The van der Waals surface area contributed by atoms with Crippen molar-refractivity contribution in [1.29, 1.82) is 0 Å². The molecule has 0 spiro atoms. The Morgan fingerprint density at radius 1 is 1.28 bits per heavy atom. The van der Waals surface area contributed by atoms with Gasteiger partial charge in [0.15, 0.2) is 5.82 Å². The quantitative estimate of drug-likeness (QED) is 0.738. The topological polar surface area (TPSA) is 53.7 Å². The Kier molecular flexibility index (Phi) is 4.67. The third kappa shape index (κ3) is 3.14. The Labute approximate surface area is 155 Å². The molecule has 0 bridgehead atoms. The van der Waals surface area contributed by atoms with Gasteiger partial charge in [0.2, 0.25) is 10.8 Å². The smallest absolute Gasteiger partial charge is 0.230 e. The molecule has 4 rings (SSSR count). The van der Waals surface area contributed by atoms with Crippen LogP contribution in [0.15, 0.2) is 24.3 Å². The van der Waals surface area contributed by atoms with Gasteiger partial charge in [0.25, 0.3) is 0 Å². The summed E-state index contributed by atoms with van der Waals surface area (Å²) in [5, 5.41) is 16.0. The van der Waals surface area contributed by atoms with Crippen molar-refractivity contribution in [2.24, 2.45) is 0 Å². The number of halogens is 1. The van der Waals surface area contributed by atoms with Gasteiger partial charge < -0.3 is 5.11 Å². The zero-order valence-electron chi connectivity index (χ0n) is 14.2. The monoisotopic (exact) mass is 376 g/mol. The van der Waals surface area contributed by atoms with Gasteiger partial charge in [0, 0.05) is 11.4 Å². The molecule has 1 saturated heterocycles. The van der Waals surface area contributed by atoms with Gasteiger partial charge in [-0.15, -0.1) is 5.10 Å². The van der Waals surface area contributed by atoms with E-state index in [2.05, 4.69) is 21.0 Å². The van der Waals surface area contributed by atoms with E-state index in [4.69, 9.17) is 11.6 Å². The van der Waals surface area contributed by atoms with Crippen molar-refractivity contribution in [3.05, 3.63) is 45.6 Å². The molecule has 0 radical (unpaired) electrons. The summed E-state index contributed by atoms with van der Waals surface area (Å²) in [7, 11) is 0. The van der Waals surface area contributed by atoms with Gasteiger partial charge in [-0.3, -0.25) is 4.90 Å². The summed E-state index contributed by atoms with van der Waals surface area (Å²) in [6.07, 6.45) is 4.38. The third-order valence-electron chi connectivity index (χ3n) is 4.73. The van der Waals surface area contributed by atoms with Crippen LogP contribution in [0.2, 0.25) is 5.02 Å². The highest BCUT2D eigenvalue weighted by Gasteiger charge is 2.30. The number of fused-ring (bicyclic) bond motifs is 1. The Bertz CT molecular complexity index is 884. The second-order valence-electron chi connectivity index (χ2n) is 6.42. The predicted molar refractivity (Wildman–Crippen MR) is 101 cm³/mol. The number of hydrogen-bond acceptors (Lipinski definition) is 5. The standard InChI is InChI=1S/C18H21ClN4OS/c1-2-14-20-18-23(21-14)17(24)16(25-18)15(22-9-4-3-5-10-22)12-7-6-8-13(19)11-12/h6-8,11,15,24H,2-5,9-10H2,1H3/t15-/m1/s1. The lowest BCUT2D eigenvalue weighted by Crippen LogP contribution is -2.34. The SMILES string of the molecule is CCc1nc2sc([C@@H](c3cccc(Cl)c3)N3CCCCC3)c(O)n2n1. The molecule has 0 aliphatic carbocycles. The van der Waals surface area contributed by atoms with Crippen LogP contribution in [0.4, 0.5) is 0 Å². The molecular weight excluding hydrogens is 356 g/mol. The molecule has 0 saturated carbocycles. The van der Waals surface area contributed by atoms with Crippen LogP contribution in [0.25, 0.3) is 4.96 Å². The van der Waals surface area contributed by atoms with E-state index < -0.39 is 0 Å². The minimum atomic E-state index is -0.0161. The Morgan fingerprint density at radius 3 is 2.76 bits per heavy atom. The summed E-state index contributed by atoms with van der Waals surface area (Å²) in [4.78, 5) is 8.58. The van der Waals surface area contributed by atoms with Crippen LogP contribution in [0.3, 0.4) is 0 Å². The molecule has 3 aromatic rings. The first-order valence-electron chi connectivity index (χ1n) is 8.74. The maximum Gasteiger partial charge on any atom is 0.230 e. The molecule has 25 heavy (non-hydrogen) atoms. The van der Waals surface area contributed by atoms with Gasteiger partial charge in [-0.1, -0.05) is 48.4 Å². The van der Waals surface area contributed by atoms with Crippen LogP contribution in [0, 0.1) is 0 Å². The fourth-order valence-corrected chi connectivity index (χ4v) is 4.83. The van der Waals surface area contributed by atoms with E-state index in [-0.39, 0.29) is 11.9 Å². The number of benzene rings is 1. The molecular formula is C18H21ClN4OS. The molecule has 7 heteroatoms. The second kappa shape index (κ2) is 6.94. The van der Waals surface area contributed by atoms with Crippen LogP contribution in [0.5, 0.6) is 5.88 Å². The van der Waals surface area contributed by atoms with Gasteiger partial charge in [-0.2, -0.15) is 4.52 Å². The summed E-state index contributed by atoms with van der Waals surface area (Å²) in [5.41, 5.74) is 1.10. The first-order valence-corrected chi connectivity index (χ1v) is 9.93. The highest BCUT2D eigenvalue weighted by atomic mass is 35.5. The van der Waals surface area contributed by atoms with Crippen LogP contribution in [0.1, 0.15) is 48.5 Å². The number of piperidine rings is 1. The van der Waals surface area contributed by atoms with Gasteiger partial charge >= 0.3 is 0 Å². The summed E-state index contributed by atoms with van der Waals surface area (Å²) in [6.45, 7) is 4.05. The molecule has 2 aromatic heterocycles. The van der Waals surface area contributed by atoms with Gasteiger partial charge in [-0.25, -0.2) is 4.98 Å². The molecule has 1 atom stereocenters. The molecule has 3 heterocycles. The van der Waals surface area contributed by atoms with Crippen molar-refractivity contribution in [1.82, 2.24) is 19.5 Å². The van der Waals surface area contributed by atoms with Crippen molar-refractivity contribution in [3.8, 4) is 5.88 Å². The minimum absolute atomic E-state index is 0.0161. The summed E-state index contributed by atoms with van der Waals surface area (Å²) < 4.78 is 1.57. The number of rotatable bonds is 4. The zero-order valence-corrected chi connectivity index (χ0v) is 15.7. The van der Waals surface area contributed by atoms with E-state index >= 15 is 0 Å². The number of aryl methyl sites for hydroxylation is 1. The molecule has 0 unspecified atom stereocenters. The van der Waals surface area contributed by atoms with Crippen molar-refractivity contribution in [2.45, 2.75) is 38.6 Å². The van der Waals surface area contributed by atoms with Gasteiger partial charge in [0.05, 0.1) is 10.9 Å². The third-order valence-corrected chi connectivity index (χ3v) is 6.04. The fourth-order valence-electron chi connectivity index (χ4n) is 3.50. The first kappa shape index (κ1) is 16.8. The van der Waals surface area contributed by atoms with Crippen LogP contribution < -0.4 is 0 Å². The maximum atomic E-state index is 10.8. The number of thiazole rings is 1. The molecule has 1 aromatic carbocycles. The Morgan fingerprint density at radius 2 is 2.08 bits per heavy atom. The summed E-state index contributed by atoms with van der Waals surface area (Å²) in [5.74, 6) is 0.952. The first-order chi connectivity index (χ1) is 12.2. The Hall–Kier alpha value is -1.63. The minimum Gasteiger partial charge on any atom is -0.492 e.